The summed E-state index contributed by atoms with van der Waals surface area (Å²) < 4.78 is 44.3. The van der Waals surface area contributed by atoms with E-state index in [1.807, 2.05) is 6.92 Å². The van der Waals surface area contributed by atoms with Gasteiger partial charge in [-0.3, -0.25) is 19.2 Å². The van der Waals surface area contributed by atoms with Crippen LogP contribution in [-0.4, -0.2) is 86.8 Å². The van der Waals surface area contributed by atoms with Crippen molar-refractivity contribution in [3.05, 3.63) is 0 Å². The third-order valence-electron chi connectivity index (χ3n) is 5.28. The van der Waals surface area contributed by atoms with Crippen molar-refractivity contribution in [3.8, 4) is 0 Å². The van der Waals surface area contributed by atoms with Crippen molar-refractivity contribution in [2.45, 2.75) is 103 Å². The maximum Gasteiger partial charge on any atom is 0.303 e. The lowest BCUT2D eigenvalue weighted by Crippen LogP contribution is -2.63. The van der Waals surface area contributed by atoms with Crippen LogP contribution in [0.2, 0.25) is 0 Å². The molecule has 2 fully saturated rings. The van der Waals surface area contributed by atoms with Crippen molar-refractivity contribution < 1.29 is 57.1 Å². The van der Waals surface area contributed by atoms with E-state index in [9.17, 15) is 19.2 Å². The molecule has 12 heteroatoms. The topological polar surface area (TPSA) is 142 Å². The summed E-state index contributed by atoms with van der Waals surface area (Å²) in [5.41, 5.74) is 0. The number of hydrogen-bond acceptors (Lipinski definition) is 12. The lowest BCUT2D eigenvalue weighted by Gasteiger charge is -2.44. The van der Waals surface area contributed by atoms with Crippen LogP contribution in [0.4, 0.5) is 0 Å². The van der Waals surface area contributed by atoms with Gasteiger partial charge >= 0.3 is 23.9 Å². The van der Waals surface area contributed by atoms with Gasteiger partial charge in [-0.2, -0.15) is 0 Å². The summed E-state index contributed by atoms with van der Waals surface area (Å²) in [6, 6.07) is 0. The molecule has 7 atom stereocenters. The zero-order valence-corrected chi connectivity index (χ0v) is 20.9. The first kappa shape index (κ1) is 29.0. The molecule has 2 aliphatic heterocycles. The smallest absolute Gasteiger partial charge is 0.303 e. The Bertz CT molecular complexity index is 719. The van der Waals surface area contributed by atoms with Crippen molar-refractivity contribution in [1.29, 1.82) is 0 Å². The Labute approximate surface area is 204 Å². The maximum atomic E-state index is 11.8. The van der Waals surface area contributed by atoms with E-state index in [1.165, 1.54) is 13.8 Å². The van der Waals surface area contributed by atoms with E-state index < -0.39 is 54.6 Å². The number of carbonyl (C=O) groups excluding carboxylic acids is 4. The zero-order valence-electron chi connectivity index (χ0n) is 20.9. The minimum absolute atomic E-state index is 0.141. The summed E-state index contributed by atoms with van der Waals surface area (Å²) in [5.74, 6) is -2.67. The van der Waals surface area contributed by atoms with Gasteiger partial charge in [0.25, 0.3) is 0 Å². The number of hydrogen-bond donors (Lipinski definition) is 0. The maximum absolute atomic E-state index is 11.8. The van der Waals surface area contributed by atoms with Crippen LogP contribution in [0, 0.1) is 0 Å². The summed E-state index contributed by atoms with van der Waals surface area (Å²) in [6.45, 7) is 7.09. The normalized spacial score (nSPS) is 29.5. The summed E-state index contributed by atoms with van der Waals surface area (Å²) in [6.07, 6.45) is -3.08. The Balaban J connectivity index is 2.14. The fourth-order valence-electron chi connectivity index (χ4n) is 3.82. The molecule has 2 aliphatic rings. The molecule has 0 amide bonds. The number of carbonyl (C=O) groups is 4. The molecule has 2 heterocycles. The van der Waals surface area contributed by atoms with E-state index in [2.05, 4.69) is 0 Å². The first-order valence-electron chi connectivity index (χ1n) is 11.8. The quantitative estimate of drug-likeness (QED) is 0.296. The van der Waals surface area contributed by atoms with Gasteiger partial charge in [-0.05, 0) is 32.6 Å². The third kappa shape index (κ3) is 10.1. The van der Waals surface area contributed by atoms with Gasteiger partial charge in [0.1, 0.15) is 12.7 Å². The van der Waals surface area contributed by atoms with Crippen molar-refractivity contribution in [3.63, 3.8) is 0 Å². The molecule has 0 bridgehead atoms. The molecule has 0 radical (unpaired) electrons. The Kier molecular flexibility index (Phi) is 11.8. The Hall–Kier alpha value is -2.28. The van der Waals surface area contributed by atoms with E-state index in [-0.39, 0.29) is 25.6 Å². The Morgan fingerprint density at radius 3 is 2.06 bits per heavy atom. The van der Waals surface area contributed by atoms with E-state index in [0.29, 0.717) is 13.0 Å². The van der Waals surface area contributed by atoms with Gasteiger partial charge in [-0.25, -0.2) is 0 Å². The fraction of sp³-hybridized carbons (Fsp3) is 0.826. The van der Waals surface area contributed by atoms with Crippen LogP contribution >= 0.6 is 0 Å². The van der Waals surface area contributed by atoms with Crippen LogP contribution in [0.3, 0.4) is 0 Å². The second kappa shape index (κ2) is 14.3. The molecule has 2 rings (SSSR count). The molecular formula is C23H36O12. The van der Waals surface area contributed by atoms with E-state index >= 15 is 0 Å². The SMILES string of the molecule is CC(=O)OC[C@H]1O[C@@H](OCCC(C)OC2CCCCO2)[C@H](OC(C)=O)[C@@H](OC(C)=O)[C@H]1OC(C)=O. The predicted molar refractivity (Wildman–Crippen MR) is 117 cm³/mol. The second-order valence-corrected chi connectivity index (χ2v) is 8.47. The minimum Gasteiger partial charge on any atom is -0.463 e. The monoisotopic (exact) mass is 504 g/mol. The Morgan fingerprint density at radius 2 is 1.49 bits per heavy atom. The summed E-state index contributed by atoms with van der Waals surface area (Å²) in [5, 5.41) is 0. The van der Waals surface area contributed by atoms with Gasteiger partial charge < -0.3 is 37.9 Å². The van der Waals surface area contributed by atoms with E-state index in [0.717, 1.165) is 33.1 Å². The molecule has 200 valence electrons. The van der Waals surface area contributed by atoms with Crippen molar-refractivity contribution in [2.24, 2.45) is 0 Å². The second-order valence-electron chi connectivity index (χ2n) is 8.47. The highest BCUT2D eigenvalue weighted by atomic mass is 16.7. The number of esters is 4. The molecule has 12 nitrogen and oxygen atoms in total. The molecular weight excluding hydrogens is 468 g/mol. The minimum atomic E-state index is -1.26. The molecule has 2 unspecified atom stereocenters. The molecule has 0 aliphatic carbocycles. The van der Waals surface area contributed by atoms with Gasteiger partial charge in [0, 0.05) is 34.3 Å². The zero-order chi connectivity index (χ0) is 26.0. The van der Waals surface area contributed by atoms with Crippen LogP contribution in [0.25, 0.3) is 0 Å². The van der Waals surface area contributed by atoms with Crippen LogP contribution in [0.1, 0.15) is 60.3 Å². The van der Waals surface area contributed by atoms with Crippen molar-refractivity contribution in [1.82, 2.24) is 0 Å². The standard InChI is InChI=1S/C23H36O12/c1-13(31-19-8-6-7-10-28-19)9-11-29-23-22(34-17(5)27)21(33-16(4)26)20(32-15(3)25)18(35-23)12-30-14(2)24/h13,18-23H,6-12H2,1-5H3/t13?,18-,19?,20+,21+,22-,23-/m1/s1. The van der Waals surface area contributed by atoms with Crippen LogP contribution in [0.15, 0.2) is 0 Å². The lowest BCUT2D eigenvalue weighted by atomic mass is 9.98. The lowest BCUT2D eigenvalue weighted by molar-refractivity contribution is -0.309. The molecule has 0 saturated carbocycles. The van der Waals surface area contributed by atoms with Crippen LogP contribution < -0.4 is 0 Å². The molecule has 35 heavy (non-hydrogen) atoms. The number of rotatable bonds is 11. The average molecular weight is 505 g/mol. The summed E-state index contributed by atoms with van der Waals surface area (Å²) in [7, 11) is 0. The third-order valence-corrected chi connectivity index (χ3v) is 5.28. The van der Waals surface area contributed by atoms with Gasteiger partial charge in [0.15, 0.2) is 30.9 Å². The van der Waals surface area contributed by atoms with Gasteiger partial charge in [0.2, 0.25) is 0 Å². The first-order valence-corrected chi connectivity index (χ1v) is 11.8. The summed E-state index contributed by atoms with van der Waals surface area (Å²) in [4.78, 5) is 46.8. The van der Waals surface area contributed by atoms with Crippen molar-refractivity contribution in [2.75, 3.05) is 19.8 Å². The van der Waals surface area contributed by atoms with Gasteiger partial charge in [-0.1, -0.05) is 0 Å². The van der Waals surface area contributed by atoms with Crippen LogP contribution in [0.5, 0.6) is 0 Å². The number of ether oxygens (including phenoxy) is 8. The molecule has 0 N–H and O–H groups in total. The molecule has 0 aromatic heterocycles. The highest BCUT2D eigenvalue weighted by Crippen LogP contribution is 2.30. The average Bonchev–Trinajstić information content (AvgIpc) is 2.76. The highest BCUT2D eigenvalue weighted by Gasteiger charge is 2.52. The van der Waals surface area contributed by atoms with Gasteiger partial charge in [0.05, 0.1) is 12.7 Å². The predicted octanol–water partition coefficient (Wildman–Crippen LogP) is 1.41. The first-order chi connectivity index (χ1) is 16.6. The van der Waals surface area contributed by atoms with Crippen LogP contribution in [-0.2, 0) is 57.1 Å². The van der Waals surface area contributed by atoms with E-state index in [1.54, 1.807) is 0 Å². The van der Waals surface area contributed by atoms with Crippen molar-refractivity contribution >= 4 is 23.9 Å². The Morgan fingerprint density at radius 1 is 0.857 bits per heavy atom. The fourth-order valence-corrected chi connectivity index (χ4v) is 3.82. The van der Waals surface area contributed by atoms with E-state index in [4.69, 9.17) is 37.9 Å². The molecule has 0 aromatic rings. The summed E-state index contributed by atoms with van der Waals surface area (Å²) >= 11 is 0. The largest absolute Gasteiger partial charge is 0.463 e. The molecule has 0 aromatic carbocycles. The highest BCUT2D eigenvalue weighted by molar-refractivity contribution is 5.68. The van der Waals surface area contributed by atoms with Gasteiger partial charge in [-0.15, -0.1) is 0 Å². The molecule has 0 spiro atoms. The molecule has 2 saturated heterocycles.